The van der Waals surface area contributed by atoms with E-state index in [1.54, 1.807) is 0 Å². The average Bonchev–Trinajstić information content (AvgIpc) is 3.73. The summed E-state index contributed by atoms with van der Waals surface area (Å²) in [4.78, 5) is 15.1. The highest BCUT2D eigenvalue weighted by molar-refractivity contribution is 8.02. The zero-order chi connectivity index (χ0) is 42.6. The van der Waals surface area contributed by atoms with Gasteiger partial charge in [-0.15, -0.1) is 0 Å². The van der Waals surface area contributed by atoms with Crippen LogP contribution >= 0.6 is 47.0 Å². The molecule has 65 heavy (non-hydrogen) atoms. The number of furan rings is 1. The molecule has 0 atom stereocenters. The third-order valence-electron chi connectivity index (χ3n) is 13.0. The van der Waals surface area contributed by atoms with Crippen molar-refractivity contribution in [3.05, 3.63) is 206 Å². The molecule has 9 heteroatoms. The predicted octanol–water partition coefficient (Wildman–Crippen LogP) is 12.3. The maximum Gasteiger partial charge on any atom is 0.292 e. The Morgan fingerprint density at radius 3 is 1.31 bits per heavy atom. The summed E-state index contributed by atoms with van der Waals surface area (Å²) in [5, 5.41) is 1.18. The molecular formula is C56H34B2N2OS4. The topological polar surface area (TPSA) is 19.6 Å². The quantitative estimate of drug-likeness (QED) is 0.153. The molecule has 0 amide bonds. The van der Waals surface area contributed by atoms with Crippen LogP contribution in [-0.4, -0.2) is 13.4 Å². The van der Waals surface area contributed by atoms with Crippen molar-refractivity contribution in [3.8, 4) is 0 Å². The number of hydrogen-bond donors (Lipinski definition) is 0. The Morgan fingerprint density at radius 1 is 0.323 bits per heavy atom. The molecule has 0 aliphatic carbocycles. The number of fused-ring (bicyclic) bond motifs is 10. The fraction of sp³-hybridized carbons (Fsp3) is 0. The van der Waals surface area contributed by atoms with Gasteiger partial charge in [0.25, 0.3) is 6.71 Å². The van der Waals surface area contributed by atoms with Crippen LogP contribution in [0.4, 0.5) is 34.1 Å². The molecular weight excluding hydrogens is 867 g/mol. The first-order valence-electron chi connectivity index (χ1n) is 21.9. The second-order valence-corrected chi connectivity index (χ2v) is 21.1. The maximum atomic E-state index is 7.01. The number of benzene rings is 9. The van der Waals surface area contributed by atoms with E-state index in [-0.39, 0.29) is 13.4 Å². The second-order valence-electron chi connectivity index (χ2n) is 16.8. The highest BCUT2D eigenvalue weighted by Crippen LogP contribution is 2.48. The van der Waals surface area contributed by atoms with Gasteiger partial charge >= 0.3 is 0 Å². The van der Waals surface area contributed by atoms with Crippen LogP contribution in [0.15, 0.2) is 250 Å². The third-order valence-corrected chi connectivity index (χ3v) is 17.6. The highest BCUT2D eigenvalue weighted by atomic mass is 32.2. The molecule has 3 nitrogen and oxygen atoms in total. The molecule has 0 saturated carbocycles. The number of para-hydroxylation sites is 5. The summed E-state index contributed by atoms with van der Waals surface area (Å²) < 4.78 is 7.01. The molecule has 0 radical (unpaired) electrons. The molecule has 9 aromatic carbocycles. The lowest BCUT2D eigenvalue weighted by molar-refractivity contribution is 0.645. The van der Waals surface area contributed by atoms with Gasteiger partial charge in [-0.3, -0.25) is 0 Å². The summed E-state index contributed by atoms with van der Waals surface area (Å²) >= 11 is 7.62. The summed E-state index contributed by atoms with van der Waals surface area (Å²) in [6, 6.07) is 75.5. The maximum absolute atomic E-state index is 7.01. The van der Waals surface area contributed by atoms with E-state index < -0.39 is 0 Å². The van der Waals surface area contributed by atoms with Crippen molar-refractivity contribution in [2.45, 2.75) is 39.2 Å². The largest absolute Gasteiger partial charge is 0.469 e. The molecule has 0 saturated heterocycles. The van der Waals surface area contributed by atoms with E-state index in [9.17, 15) is 0 Å². The van der Waals surface area contributed by atoms with Gasteiger partial charge in [0.1, 0.15) is 5.58 Å². The molecule has 0 spiro atoms. The fourth-order valence-electron chi connectivity index (χ4n) is 10.3. The molecule has 10 aromatic rings. The lowest BCUT2D eigenvalue weighted by Crippen LogP contribution is -2.62. The van der Waals surface area contributed by atoms with Gasteiger partial charge in [0.2, 0.25) is 6.71 Å². The van der Waals surface area contributed by atoms with Crippen molar-refractivity contribution < 1.29 is 4.42 Å². The second kappa shape index (κ2) is 15.1. The van der Waals surface area contributed by atoms with Gasteiger partial charge in [-0.05, 0) is 108 Å². The van der Waals surface area contributed by atoms with Crippen LogP contribution in [-0.2, 0) is 0 Å². The summed E-state index contributed by atoms with van der Waals surface area (Å²) in [6.45, 7) is 0.0505. The minimum Gasteiger partial charge on any atom is -0.469 e. The number of nitrogens with zero attached hydrogens (tertiary/aromatic N) is 2. The van der Waals surface area contributed by atoms with Gasteiger partial charge in [0, 0.05) is 73.8 Å². The first-order valence-corrected chi connectivity index (χ1v) is 25.1. The standard InChI is InChI=1S/C56H34B2N2OS4/c1-5-17-35(18-6-1)59(36-19-7-2-8-20-36)39-29-49-53-50(30-39)63-47-34-48-44(33-43(47)57(53)42-26-14-16-28-46(42)62-49)58-54-51(64-48)31-40(60(37-21-9-3-10-22-37)38-23-11-4-12-24-38)32-52(54)65-55-41-25-13-15-27-45(41)61-56(55)58/h1-34H. The molecule has 0 unspecified atom stereocenters. The van der Waals surface area contributed by atoms with Gasteiger partial charge in [0.05, 0.1) is 10.6 Å². The van der Waals surface area contributed by atoms with Crippen LogP contribution in [0.1, 0.15) is 0 Å². The molecule has 4 aliphatic heterocycles. The van der Waals surface area contributed by atoms with Crippen molar-refractivity contribution in [1.82, 2.24) is 0 Å². The molecule has 0 fully saturated rings. The third kappa shape index (κ3) is 6.06. The minimum absolute atomic E-state index is 0.0482. The van der Waals surface area contributed by atoms with Gasteiger partial charge in [-0.25, -0.2) is 0 Å². The number of hydrogen-bond acceptors (Lipinski definition) is 7. The Balaban J connectivity index is 0.974. The lowest BCUT2D eigenvalue weighted by Gasteiger charge is -2.37. The van der Waals surface area contributed by atoms with Crippen molar-refractivity contribution in [2.75, 3.05) is 9.80 Å². The lowest BCUT2D eigenvalue weighted by atomic mass is 9.34. The van der Waals surface area contributed by atoms with E-state index in [4.69, 9.17) is 4.42 Å². The zero-order valence-corrected chi connectivity index (χ0v) is 38.0. The molecule has 0 bridgehead atoms. The predicted molar refractivity (Wildman–Crippen MR) is 277 cm³/mol. The van der Waals surface area contributed by atoms with Gasteiger partial charge in [-0.1, -0.05) is 173 Å². The Bertz CT molecular complexity index is 3460. The molecule has 1 aromatic heterocycles. The summed E-state index contributed by atoms with van der Waals surface area (Å²) in [7, 11) is 0. The van der Waals surface area contributed by atoms with Crippen molar-refractivity contribution in [2.24, 2.45) is 0 Å². The van der Waals surface area contributed by atoms with Crippen molar-refractivity contribution >= 4 is 139 Å². The Labute approximate surface area is 395 Å². The zero-order valence-electron chi connectivity index (χ0n) is 34.7. The monoisotopic (exact) mass is 900 g/mol. The van der Waals surface area contributed by atoms with Gasteiger partial charge in [-0.2, -0.15) is 0 Å². The normalized spacial score (nSPS) is 13.5. The Kier molecular flexibility index (Phi) is 8.83. The molecule has 14 rings (SSSR count). The summed E-state index contributed by atoms with van der Waals surface area (Å²) in [5.41, 5.74) is 15.7. The minimum atomic E-state index is -0.0482. The Hall–Kier alpha value is -6.35. The van der Waals surface area contributed by atoms with E-state index in [0.717, 1.165) is 45.4 Å². The van der Waals surface area contributed by atoms with Crippen molar-refractivity contribution in [1.29, 1.82) is 0 Å². The fourth-order valence-corrected chi connectivity index (χ4v) is 15.4. The van der Waals surface area contributed by atoms with E-state index in [1.807, 2.05) is 47.0 Å². The van der Waals surface area contributed by atoms with Crippen LogP contribution in [0.25, 0.3) is 11.0 Å². The van der Waals surface area contributed by atoms with Crippen LogP contribution in [0.3, 0.4) is 0 Å². The van der Waals surface area contributed by atoms with E-state index in [1.165, 1.54) is 71.9 Å². The van der Waals surface area contributed by atoms with Crippen LogP contribution in [0.5, 0.6) is 0 Å². The first kappa shape index (κ1) is 38.0. The summed E-state index contributed by atoms with van der Waals surface area (Å²) in [5.74, 6) is 0. The first-order chi connectivity index (χ1) is 32.2. The van der Waals surface area contributed by atoms with Crippen LogP contribution in [0.2, 0.25) is 0 Å². The van der Waals surface area contributed by atoms with Gasteiger partial charge in [0.15, 0.2) is 0 Å². The van der Waals surface area contributed by atoms with E-state index in [2.05, 4.69) is 216 Å². The van der Waals surface area contributed by atoms with E-state index >= 15 is 0 Å². The number of rotatable bonds is 6. The molecule has 304 valence electrons. The number of anilines is 6. The van der Waals surface area contributed by atoms with Crippen LogP contribution < -0.4 is 42.8 Å². The van der Waals surface area contributed by atoms with Crippen LogP contribution in [0, 0.1) is 0 Å². The molecule has 0 N–H and O–H groups in total. The Morgan fingerprint density at radius 2 is 0.754 bits per heavy atom. The van der Waals surface area contributed by atoms with Crippen molar-refractivity contribution in [3.63, 3.8) is 0 Å². The SMILES string of the molecule is c1ccc(N(c2ccccc2)c2cc3c4c(c2)Sc2cc5c(cc2B4c2ccccc2S3)B2c3oc4ccccc4c3Sc3cc(N(c4ccccc4)c4ccccc4)cc(c32)S5)cc1. The van der Waals surface area contributed by atoms with Gasteiger partial charge < -0.3 is 14.2 Å². The molecule has 5 heterocycles. The average molecular weight is 901 g/mol. The summed E-state index contributed by atoms with van der Waals surface area (Å²) in [6.07, 6.45) is 0. The highest BCUT2D eigenvalue weighted by Gasteiger charge is 2.45. The smallest absolute Gasteiger partial charge is 0.292 e. The molecule has 4 aliphatic rings. The van der Waals surface area contributed by atoms with E-state index in [0.29, 0.717) is 0 Å².